The van der Waals surface area contributed by atoms with E-state index in [1.54, 1.807) is 6.20 Å². The highest BCUT2D eigenvalue weighted by atomic mass is 79.9. The summed E-state index contributed by atoms with van der Waals surface area (Å²) in [6.45, 7) is 4.05. The van der Waals surface area contributed by atoms with Crippen LogP contribution in [0, 0.1) is 13.8 Å². The van der Waals surface area contributed by atoms with Crippen molar-refractivity contribution >= 4 is 33.0 Å². The van der Waals surface area contributed by atoms with Crippen molar-refractivity contribution in [2.45, 2.75) is 13.8 Å². The smallest absolute Gasteiger partial charge is 0.207 e. The number of benzene rings is 1. The average Bonchev–Trinajstić information content (AvgIpc) is 2.70. The molecule has 0 spiro atoms. The van der Waals surface area contributed by atoms with Gasteiger partial charge >= 0.3 is 0 Å². The van der Waals surface area contributed by atoms with Crippen LogP contribution in [0.25, 0.3) is 16.9 Å². The zero-order chi connectivity index (χ0) is 13.6. The van der Waals surface area contributed by atoms with E-state index in [0.717, 1.165) is 32.5 Å². The summed E-state index contributed by atoms with van der Waals surface area (Å²) in [5.41, 5.74) is 10.9. The number of aryl methyl sites for hydroxylation is 2. The van der Waals surface area contributed by atoms with Crippen LogP contribution in [-0.2, 0) is 0 Å². The minimum absolute atomic E-state index is 0.447. The van der Waals surface area contributed by atoms with E-state index in [1.165, 1.54) is 0 Å². The van der Waals surface area contributed by atoms with Crippen LogP contribution in [0.15, 0.2) is 34.9 Å². The molecule has 0 unspecified atom stereocenters. The first kappa shape index (κ1) is 12.2. The SMILES string of the molecule is Cc1ccc(Br)c(-n2c(N)nc3c(C)ccnc32)c1. The predicted octanol–water partition coefficient (Wildman–Crippen LogP) is 3.38. The molecule has 1 aromatic carbocycles. The van der Waals surface area contributed by atoms with Crippen molar-refractivity contribution in [1.29, 1.82) is 0 Å². The number of pyridine rings is 1. The number of aromatic nitrogens is 3. The van der Waals surface area contributed by atoms with Gasteiger partial charge in [0.25, 0.3) is 0 Å². The maximum absolute atomic E-state index is 6.06. The van der Waals surface area contributed by atoms with Gasteiger partial charge in [0.2, 0.25) is 5.95 Å². The number of nitrogens with two attached hydrogens (primary N) is 1. The van der Waals surface area contributed by atoms with Gasteiger partial charge in [-0.25, -0.2) is 9.97 Å². The van der Waals surface area contributed by atoms with Crippen LogP contribution in [0.5, 0.6) is 0 Å². The molecule has 19 heavy (non-hydrogen) atoms. The van der Waals surface area contributed by atoms with E-state index < -0.39 is 0 Å². The molecule has 2 aromatic heterocycles. The van der Waals surface area contributed by atoms with E-state index in [0.29, 0.717) is 5.95 Å². The Kier molecular flexibility index (Phi) is 2.78. The van der Waals surface area contributed by atoms with Crippen molar-refractivity contribution in [1.82, 2.24) is 14.5 Å². The topological polar surface area (TPSA) is 56.7 Å². The molecule has 0 saturated carbocycles. The number of rotatable bonds is 1. The zero-order valence-electron chi connectivity index (χ0n) is 10.7. The van der Waals surface area contributed by atoms with Gasteiger partial charge in [-0.3, -0.25) is 4.57 Å². The molecule has 2 heterocycles. The number of fused-ring (bicyclic) bond motifs is 1. The van der Waals surface area contributed by atoms with Gasteiger partial charge < -0.3 is 5.73 Å². The van der Waals surface area contributed by atoms with Gasteiger partial charge in [0.1, 0.15) is 5.52 Å². The maximum Gasteiger partial charge on any atom is 0.207 e. The summed E-state index contributed by atoms with van der Waals surface area (Å²) in [5.74, 6) is 0.447. The number of hydrogen-bond acceptors (Lipinski definition) is 3. The Morgan fingerprint density at radius 1 is 1.21 bits per heavy atom. The lowest BCUT2D eigenvalue weighted by atomic mass is 10.2. The standard InChI is InChI=1S/C14H13BrN4/c1-8-3-4-10(15)11(7-8)19-13-12(18-14(19)16)9(2)5-6-17-13/h3-7H,1-2H3,(H2,16,18). The van der Waals surface area contributed by atoms with Crippen LogP contribution in [0.2, 0.25) is 0 Å². The zero-order valence-corrected chi connectivity index (χ0v) is 12.3. The van der Waals surface area contributed by atoms with E-state index in [4.69, 9.17) is 5.73 Å². The van der Waals surface area contributed by atoms with Crippen LogP contribution < -0.4 is 5.73 Å². The molecule has 5 heteroatoms. The van der Waals surface area contributed by atoms with E-state index in [9.17, 15) is 0 Å². The van der Waals surface area contributed by atoms with E-state index in [2.05, 4.69) is 32.0 Å². The van der Waals surface area contributed by atoms with E-state index in [-0.39, 0.29) is 0 Å². The van der Waals surface area contributed by atoms with Gasteiger partial charge in [0.05, 0.1) is 5.69 Å². The minimum Gasteiger partial charge on any atom is -0.369 e. The molecule has 4 nitrogen and oxygen atoms in total. The predicted molar refractivity (Wildman–Crippen MR) is 80.5 cm³/mol. The van der Waals surface area contributed by atoms with Gasteiger partial charge in [-0.05, 0) is 59.1 Å². The van der Waals surface area contributed by atoms with Crippen molar-refractivity contribution in [2.24, 2.45) is 0 Å². The van der Waals surface area contributed by atoms with Crippen LogP contribution in [0.4, 0.5) is 5.95 Å². The van der Waals surface area contributed by atoms with Crippen LogP contribution >= 0.6 is 15.9 Å². The summed E-state index contributed by atoms with van der Waals surface area (Å²) in [6, 6.07) is 8.04. The lowest BCUT2D eigenvalue weighted by molar-refractivity contribution is 1.07. The third-order valence-corrected chi connectivity index (χ3v) is 3.79. The van der Waals surface area contributed by atoms with Gasteiger partial charge in [0.15, 0.2) is 5.65 Å². The second-order valence-corrected chi connectivity index (χ2v) is 5.41. The van der Waals surface area contributed by atoms with Crippen molar-refractivity contribution < 1.29 is 0 Å². The first-order valence-corrected chi connectivity index (χ1v) is 6.73. The van der Waals surface area contributed by atoms with Crippen molar-refractivity contribution in [3.63, 3.8) is 0 Å². The lowest BCUT2D eigenvalue weighted by Crippen LogP contribution is -2.02. The molecule has 3 aromatic rings. The van der Waals surface area contributed by atoms with Gasteiger partial charge in [0, 0.05) is 10.7 Å². The quantitative estimate of drug-likeness (QED) is 0.748. The summed E-state index contributed by atoms with van der Waals surface area (Å²) in [6.07, 6.45) is 1.78. The highest BCUT2D eigenvalue weighted by Crippen LogP contribution is 2.29. The Morgan fingerprint density at radius 2 is 2.00 bits per heavy atom. The number of anilines is 1. The summed E-state index contributed by atoms with van der Waals surface area (Å²) >= 11 is 3.56. The molecular formula is C14H13BrN4. The molecule has 0 saturated heterocycles. The number of nitrogen functional groups attached to an aromatic ring is 1. The fourth-order valence-corrected chi connectivity index (χ4v) is 2.57. The highest BCUT2D eigenvalue weighted by Gasteiger charge is 2.14. The Hall–Kier alpha value is -1.88. The fourth-order valence-electron chi connectivity index (χ4n) is 2.14. The molecule has 2 N–H and O–H groups in total. The Balaban J connectivity index is 2.39. The van der Waals surface area contributed by atoms with Crippen molar-refractivity contribution in [2.75, 3.05) is 5.73 Å². The Morgan fingerprint density at radius 3 is 2.79 bits per heavy atom. The third-order valence-electron chi connectivity index (χ3n) is 3.12. The second-order valence-electron chi connectivity index (χ2n) is 4.56. The molecule has 0 bridgehead atoms. The number of imidazole rings is 1. The average molecular weight is 317 g/mol. The molecule has 3 rings (SSSR count). The molecule has 0 fully saturated rings. The molecule has 0 aliphatic rings. The Labute approximate surface area is 119 Å². The molecule has 0 atom stereocenters. The minimum atomic E-state index is 0.447. The number of nitrogens with zero attached hydrogens (tertiary/aromatic N) is 3. The van der Waals surface area contributed by atoms with Crippen LogP contribution in [0.3, 0.4) is 0 Å². The van der Waals surface area contributed by atoms with Crippen molar-refractivity contribution in [3.05, 3.63) is 46.1 Å². The van der Waals surface area contributed by atoms with Crippen molar-refractivity contribution in [3.8, 4) is 5.69 Å². The van der Waals surface area contributed by atoms with Gasteiger partial charge in [-0.15, -0.1) is 0 Å². The molecular weight excluding hydrogens is 304 g/mol. The Bertz CT molecular complexity index is 776. The third kappa shape index (κ3) is 1.90. The van der Waals surface area contributed by atoms with Gasteiger partial charge in [-0.1, -0.05) is 6.07 Å². The van der Waals surface area contributed by atoms with Gasteiger partial charge in [-0.2, -0.15) is 0 Å². The summed E-state index contributed by atoms with van der Waals surface area (Å²) in [4.78, 5) is 8.83. The first-order chi connectivity index (χ1) is 9.08. The normalized spacial score (nSPS) is 11.1. The highest BCUT2D eigenvalue weighted by molar-refractivity contribution is 9.10. The molecule has 0 aliphatic carbocycles. The molecule has 0 amide bonds. The van der Waals surface area contributed by atoms with Crippen LogP contribution in [0.1, 0.15) is 11.1 Å². The second kappa shape index (κ2) is 4.35. The summed E-state index contributed by atoms with van der Waals surface area (Å²) < 4.78 is 2.84. The first-order valence-electron chi connectivity index (χ1n) is 5.94. The maximum atomic E-state index is 6.06. The largest absolute Gasteiger partial charge is 0.369 e. The number of hydrogen-bond donors (Lipinski definition) is 1. The van der Waals surface area contributed by atoms with E-state index >= 15 is 0 Å². The summed E-state index contributed by atoms with van der Waals surface area (Å²) in [5, 5.41) is 0. The summed E-state index contributed by atoms with van der Waals surface area (Å²) in [7, 11) is 0. The lowest BCUT2D eigenvalue weighted by Gasteiger charge is -2.09. The molecule has 96 valence electrons. The number of halogens is 1. The fraction of sp³-hybridized carbons (Fsp3) is 0.143. The molecule has 0 radical (unpaired) electrons. The van der Waals surface area contributed by atoms with Crippen LogP contribution in [-0.4, -0.2) is 14.5 Å². The van der Waals surface area contributed by atoms with E-state index in [1.807, 2.05) is 36.6 Å². The monoisotopic (exact) mass is 316 g/mol. The molecule has 0 aliphatic heterocycles.